The molecule has 1 heterocycles. The number of imide groups is 1. The summed E-state index contributed by atoms with van der Waals surface area (Å²) < 4.78 is 26.8. The molecule has 34 heavy (non-hydrogen) atoms. The third-order valence-corrected chi connectivity index (χ3v) is 7.24. The predicted octanol–water partition coefficient (Wildman–Crippen LogP) is 1.13. The quantitative estimate of drug-likeness (QED) is 0.293. The number of nitrogens with two attached hydrogens (primary N) is 1. The summed E-state index contributed by atoms with van der Waals surface area (Å²) in [5.74, 6) is -1.31. The smallest absolute Gasteiger partial charge is 0.245 e. The maximum atomic E-state index is 13.0. The fraction of sp³-hybridized carbons (Fsp3) is 0.375. The Kier molecular flexibility index (Phi) is 8.54. The molecule has 0 saturated carbocycles. The molecular formula is C24H31N5O4S. The number of sulfonamides is 1. The zero-order valence-electron chi connectivity index (χ0n) is 19.2. The number of nitrogen functional groups attached to an aromatic ring is 1. The highest BCUT2D eigenvalue weighted by molar-refractivity contribution is 7.89. The molecule has 0 aliphatic carbocycles. The lowest BCUT2D eigenvalue weighted by atomic mass is 10.1. The van der Waals surface area contributed by atoms with Crippen LogP contribution < -0.4 is 15.8 Å². The van der Waals surface area contributed by atoms with Crippen molar-refractivity contribution in [2.75, 3.05) is 12.3 Å². The molecule has 0 aromatic heterocycles. The second-order valence-corrected chi connectivity index (χ2v) is 10.4. The highest BCUT2D eigenvalue weighted by Gasteiger charge is 2.33. The van der Waals surface area contributed by atoms with Crippen LogP contribution in [0.1, 0.15) is 36.5 Å². The molecule has 2 aromatic carbocycles. The molecule has 1 aliphatic heterocycles. The van der Waals surface area contributed by atoms with Gasteiger partial charge in [0.15, 0.2) is 0 Å². The van der Waals surface area contributed by atoms with E-state index in [0.29, 0.717) is 25.1 Å². The lowest BCUT2D eigenvalue weighted by Gasteiger charge is -2.25. The van der Waals surface area contributed by atoms with E-state index in [-0.39, 0.29) is 18.0 Å². The Bertz CT molecular complexity index is 1140. The van der Waals surface area contributed by atoms with Crippen molar-refractivity contribution < 1.29 is 18.0 Å². The molecule has 1 fully saturated rings. The first-order chi connectivity index (χ1) is 16.2. The number of carbonyl (C=O) groups excluding carboxylic acids is 2. The Balaban J connectivity index is 1.70. The number of likely N-dealkylation sites (tertiary alicyclic amines) is 1. The molecule has 9 nitrogen and oxygen atoms in total. The molecule has 5 N–H and O–H groups in total. The van der Waals surface area contributed by atoms with E-state index in [2.05, 4.69) is 10.0 Å². The van der Waals surface area contributed by atoms with Crippen LogP contribution in [0.5, 0.6) is 0 Å². The van der Waals surface area contributed by atoms with Gasteiger partial charge in [-0.3, -0.25) is 25.2 Å². The molecule has 2 aromatic rings. The number of carbonyl (C=O) groups is 2. The van der Waals surface area contributed by atoms with E-state index in [1.807, 2.05) is 29.2 Å². The van der Waals surface area contributed by atoms with Crippen molar-refractivity contribution in [1.29, 1.82) is 5.41 Å². The first-order valence-electron chi connectivity index (χ1n) is 11.2. The van der Waals surface area contributed by atoms with E-state index >= 15 is 0 Å². The van der Waals surface area contributed by atoms with E-state index in [1.165, 1.54) is 6.92 Å². The minimum absolute atomic E-state index is 0.0258. The Labute approximate surface area is 200 Å². The van der Waals surface area contributed by atoms with Crippen molar-refractivity contribution in [1.82, 2.24) is 14.9 Å². The topological polar surface area (TPSA) is 145 Å². The van der Waals surface area contributed by atoms with Gasteiger partial charge in [-0.2, -0.15) is 0 Å². The van der Waals surface area contributed by atoms with Crippen LogP contribution >= 0.6 is 0 Å². The zero-order valence-corrected chi connectivity index (χ0v) is 20.0. The maximum absolute atomic E-state index is 13.0. The van der Waals surface area contributed by atoms with Crippen molar-refractivity contribution in [3.05, 3.63) is 71.3 Å². The molecule has 182 valence electrons. The molecule has 0 spiro atoms. The van der Waals surface area contributed by atoms with Crippen LogP contribution in [0.25, 0.3) is 0 Å². The highest BCUT2D eigenvalue weighted by Crippen LogP contribution is 2.21. The van der Waals surface area contributed by atoms with Crippen molar-refractivity contribution >= 4 is 27.7 Å². The molecule has 0 unspecified atom stereocenters. The van der Waals surface area contributed by atoms with Crippen LogP contribution in [0.2, 0.25) is 0 Å². The van der Waals surface area contributed by atoms with Gasteiger partial charge < -0.3 is 5.73 Å². The molecule has 1 saturated heterocycles. The van der Waals surface area contributed by atoms with E-state index in [9.17, 15) is 18.0 Å². The largest absolute Gasteiger partial charge is 0.384 e. The van der Waals surface area contributed by atoms with Gasteiger partial charge in [0.25, 0.3) is 0 Å². The Morgan fingerprint density at radius 3 is 2.53 bits per heavy atom. The average molecular weight is 486 g/mol. The number of hydrogen-bond acceptors (Lipinski definition) is 6. The van der Waals surface area contributed by atoms with Gasteiger partial charge in [-0.05, 0) is 49.9 Å². The Morgan fingerprint density at radius 2 is 1.85 bits per heavy atom. The molecule has 0 bridgehead atoms. The van der Waals surface area contributed by atoms with E-state index in [0.717, 1.165) is 17.5 Å². The third-order valence-electron chi connectivity index (χ3n) is 5.84. The van der Waals surface area contributed by atoms with Crippen LogP contribution in [0.15, 0.2) is 54.6 Å². The SMILES string of the molecule is CCS(=O)(=O)N[C@H](Cc1ccccc1)C(=O)NC(=O)[C@@H]1CCCN1Cc1cccc(C(=N)N)c1. The first-order valence-corrected chi connectivity index (χ1v) is 12.9. The monoisotopic (exact) mass is 485 g/mol. The first kappa shape index (κ1) is 25.5. The number of hydrogen-bond donors (Lipinski definition) is 4. The van der Waals surface area contributed by atoms with E-state index in [1.54, 1.807) is 30.3 Å². The van der Waals surface area contributed by atoms with Gasteiger partial charge >= 0.3 is 0 Å². The second-order valence-electron chi connectivity index (χ2n) is 8.36. The number of rotatable bonds is 10. The van der Waals surface area contributed by atoms with Crippen molar-refractivity contribution in [3.63, 3.8) is 0 Å². The summed E-state index contributed by atoms with van der Waals surface area (Å²) >= 11 is 0. The molecule has 10 heteroatoms. The molecule has 3 rings (SSSR count). The fourth-order valence-corrected chi connectivity index (χ4v) is 4.80. The third kappa shape index (κ3) is 6.96. The van der Waals surface area contributed by atoms with E-state index in [4.69, 9.17) is 11.1 Å². The number of benzene rings is 2. The van der Waals surface area contributed by atoms with E-state index < -0.39 is 33.9 Å². The fourth-order valence-electron chi connectivity index (χ4n) is 4.01. The number of amides is 2. The molecule has 2 atom stereocenters. The minimum atomic E-state index is -3.66. The highest BCUT2D eigenvalue weighted by atomic mass is 32.2. The van der Waals surface area contributed by atoms with Crippen LogP contribution in [-0.4, -0.2) is 55.3 Å². The summed E-state index contributed by atoms with van der Waals surface area (Å²) in [4.78, 5) is 28.0. The number of nitrogens with zero attached hydrogens (tertiary/aromatic N) is 1. The summed E-state index contributed by atoms with van der Waals surface area (Å²) in [5.41, 5.74) is 7.88. The maximum Gasteiger partial charge on any atom is 0.245 e. The van der Waals surface area contributed by atoms with Crippen molar-refractivity contribution in [2.45, 2.75) is 44.8 Å². The van der Waals surface area contributed by atoms with Gasteiger partial charge in [0, 0.05) is 12.1 Å². The van der Waals surface area contributed by atoms with Crippen LogP contribution in [0, 0.1) is 5.41 Å². The molecular weight excluding hydrogens is 454 g/mol. The lowest BCUT2D eigenvalue weighted by molar-refractivity contribution is -0.134. The normalized spacial score (nSPS) is 17.3. The standard InChI is InChI=1S/C24H31N5O4S/c1-2-34(32,33)28-20(15-17-8-4-3-5-9-17)23(30)27-24(31)21-12-7-13-29(21)16-18-10-6-11-19(14-18)22(25)26/h3-6,8-11,14,20-21,28H,2,7,12-13,15-16H2,1H3,(H3,25,26)(H,27,30,31)/t20-,21+/m1/s1. The molecule has 0 radical (unpaired) electrons. The minimum Gasteiger partial charge on any atom is -0.384 e. The van der Waals surface area contributed by atoms with Gasteiger partial charge in [-0.25, -0.2) is 13.1 Å². The summed E-state index contributed by atoms with van der Waals surface area (Å²) in [6.07, 6.45) is 1.52. The summed E-state index contributed by atoms with van der Waals surface area (Å²) in [7, 11) is -3.66. The van der Waals surface area contributed by atoms with Gasteiger partial charge in [0.1, 0.15) is 11.9 Å². The van der Waals surface area contributed by atoms with Crippen LogP contribution in [-0.2, 0) is 32.6 Å². The van der Waals surface area contributed by atoms with Gasteiger partial charge in [-0.1, -0.05) is 48.5 Å². The summed E-state index contributed by atoms with van der Waals surface area (Å²) in [6.45, 7) is 2.65. The Hall–Kier alpha value is -3.08. The second kappa shape index (κ2) is 11.4. The van der Waals surface area contributed by atoms with Crippen molar-refractivity contribution in [2.24, 2.45) is 5.73 Å². The molecule has 1 aliphatic rings. The lowest BCUT2D eigenvalue weighted by Crippen LogP contribution is -2.53. The zero-order chi connectivity index (χ0) is 24.7. The van der Waals surface area contributed by atoms with Crippen LogP contribution in [0.4, 0.5) is 0 Å². The number of nitrogens with one attached hydrogen (secondary N) is 3. The Morgan fingerprint density at radius 1 is 1.15 bits per heavy atom. The predicted molar refractivity (Wildman–Crippen MR) is 131 cm³/mol. The van der Waals surface area contributed by atoms with Crippen LogP contribution in [0.3, 0.4) is 0 Å². The van der Waals surface area contributed by atoms with Gasteiger partial charge in [-0.15, -0.1) is 0 Å². The number of amidine groups is 1. The summed E-state index contributed by atoms with van der Waals surface area (Å²) in [6, 6.07) is 14.7. The van der Waals surface area contributed by atoms with Gasteiger partial charge in [0.05, 0.1) is 11.8 Å². The average Bonchev–Trinajstić information content (AvgIpc) is 3.27. The van der Waals surface area contributed by atoms with Crippen molar-refractivity contribution in [3.8, 4) is 0 Å². The molecule has 2 amide bonds. The van der Waals surface area contributed by atoms with Gasteiger partial charge in [0.2, 0.25) is 21.8 Å². The summed E-state index contributed by atoms with van der Waals surface area (Å²) in [5, 5.41) is 10.0.